The van der Waals surface area contributed by atoms with Crippen molar-refractivity contribution in [2.75, 3.05) is 33.7 Å². The van der Waals surface area contributed by atoms with E-state index in [4.69, 9.17) is 19.8 Å². The van der Waals surface area contributed by atoms with Gasteiger partial charge in [0.25, 0.3) is 0 Å². The predicted molar refractivity (Wildman–Crippen MR) is 117 cm³/mol. The van der Waals surface area contributed by atoms with E-state index < -0.39 is 24.3 Å². The lowest BCUT2D eigenvalue weighted by Crippen LogP contribution is -2.34. The van der Waals surface area contributed by atoms with Crippen LogP contribution in [-0.4, -0.2) is 87.8 Å². The number of halogens is 6. The molecule has 1 aliphatic rings. The largest absolute Gasteiger partial charge is 0.490 e. The minimum absolute atomic E-state index is 0.631. The van der Waals surface area contributed by atoms with Crippen LogP contribution in [0, 0.1) is 5.92 Å². The SMILES string of the molecule is CN(C)CC1CN(CCc2ccccc2)Cc2ccnn2C1.O=C(O)C(F)(F)F.O=C(O)C(F)(F)F. The Morgan fingerprint density at radius 3 is 1.97 bits per heavy atom. The van der Waals surface area contributed by atoms with Gasteiger partial charge in [0, 0.05) is 44.8 Å². The van der Waals surface area contributed by atoms with Gasteiger partial charge in [-0.3, -0.25) is 9.58 Å². The third-order valence-electron chi connectivity index (χ3n) is 4.81. The molecule has 0 radical (unpaired) electrons. The predicted octanol–water partition coefficient (Wildman–Crippen LogP) is 3.39. The number of alkyl halides is 6. The van der Waals surface area contributed by atoms with Crippen molar-refractivity contribution in [3.05, 3.63) is 53.9 Å². The van der Waals surface area contributed by atoms with Crippen LogP contribution in [-0.2, 0) is 29.1 Å². The number of carboxylic acids is 2. The van der Waals surface area contributed by atoms with Crippen molar-refractivity contribution in [1.82, 2.24) is 19.6 Å². The summed E-state index contributed by atoms with van der Waals surface area (Å²) in [5.41, 5.74) is 2.76. The highest BCUT2D eigenvalue weighted by atomic mass is 19.4. The maximum absolute atomic E-state index is 10.6. The Morgan fingerprint density at radius 2 is 1.50 bits per heavy atom. The number of hydrogen-bond acceptors (Lipinski definition) is 5. The summed E-state index contributed by atoms with van der Waals surface area (Å²) in [7, 11) is 4.31. The highest BCUT2D eigenvalue weighted by Gasteiger charge is 2.38. The molecule has 0 saturated carbocycles. The van der Waals surface area contributed by atoms with E-state index >= 15 is 0 Å². The molecule has 2 aromatic rings. The van der Waals surface area contributed by atoms with Crippen LogP contribution < -0.4 is 0 Å². The van der Waals surface area contributed by atoms with Gasteiger partial charge in [0.2, 0.25) is 0 Å². The molecule has 36 heavy (non-hydrogen) atoms. The highest BCUT2D eigenvalue weighted by Crippen LogP contribution is 2.17. The molecule has 0 bridgehead atoms. The van der Waals surface area contributed by atoms with Crippen LogP contribution in [0.15, 0.2) is 42.6 Å². The number of rotatable bonds is 5. The summed E-state index contributed by atoms with van der Waals surface area (Å²) in [5.74, 6) is -4.88. The second kappa shape index (κ2) is 13.8. The Balaban J connectivity index is 0.000000383. The van der Waals surface area contributed by atoms with E-state index in [-0.39, 0.29) is 0 Å². The van der Waals surface area contributed by atoms with Crippen molar-refractivity contribution < 1.29 is 46.1 Å². The number of carboxylic acid groups (broad SMARTS) is 2. The molecule has 1 aliphatic heterocycles. The maximum Gasteiger partial charge on any atom is 0.490 e. The number of aliphatic carboxylic acids is 2. The smallest absolute Gasteiger partial charge is 0.475 e. The lowest BCUT2D eigenvalue weighted by molar-refractivity contribution is -0.193. The topological polar surface area (TPSA) is 98.9 Å². The highest BCUT2D eigenvalue weighted by molar-refractivity contribution is 5.73. The van der Waals surface area contributed by atoms with Gasteiger partial charge >= 0.3 is 24.3 Å². The minimum atomic E-state index is -5.08. The summed E-state index contributed by atoms with van der Waals surface area (Å²) < 4.78 is 65.7. The molecule has 14 heteroatoms. The third-order valence-corrected chi connectivity index (χ3v) is 4.81. The molecular formula is C22H28F6N4O4. The molecule has 2 N–H and O–H groups in total. The summed E-state index contributed by atoms with van der Waals surface area (Å²) in [6, 6.07) is 12.9. The summed E-state index contributed by atoms with van der Waals surface area (Å²) in [6.45, 7) is 5.41. The zero-order chi connectivity index (χ0) is 27.5. The molecule has 1 aromatic carbocycles. The minimum Gasteiger partial charge on any atom is -0.475 e. The monoisotopic (exact) mass is 526 g/mol. The normalized spacial score (nSPS) is 16.1. The number of benzene rings is 1. The number of aromatic nitrogens is 2. The Morgan fingerprint density at radius 1 is 0.972 bits per heavy atom. The van der Waals surface area contributed by atoms with E-state index in [1.807, 2.05) is 6.20 Å². The number of hydrogen-bond donors (Lipinski definition) is 2. The Labute approximate surface area is 203 Å². The first-order valence-electron chi connectivity index (χ1n) is 10.6. The van der Waals surface area contributed by atoms with Crippen molar-refractivity contribution in [2.24, 2.45) is 5.92 Å². The van der Waals surface area contributed by atoms with Gasteiger partial charge < -0.3 is 15.1 Å². The van der Waals surface area contributed by atoms with E-state index in [2.05, 4.69) is 70.1 Å². The van der Waals surface area contributed by atoms with Gasteiger partial charge in [0.1, 0.15) is 0 Å². The van der Waals surface area contributed by atoms with Crippen LogP contribution in [0.1, 0.15) is 11.3 Å². The Hall–Kier alpha value is -3.13. The average molecular weight is 526 g/mol. The quantitative estimate of drug-likeness (QED) is 0.577. The Kier molecular flexibility index (Phi) is 11.9. The van der Waals surface area contributed by atoms with Crippen molar-refractivity contribution in [1.29, 1.82) is 0 Å². The summed E-state index contributed by atoms with van der Waals surface area (Å²) >= 11 is 0. The fraction of sp³-hybridized carbons (Fsp3) is 0.500. The molecule has 1 unspecified atom stereocenters. The van der Waals surface area contributed by atoms with E-state index in [0.29, 0.717) is 5.92 Å². The fourth-order valence-electron chi connectivity index (χ4n) is 3.35. The standard InChI is InChI=1S/C18H26N4.2C2HF3O2/c1-20(2)12-17-13-21(11-9-16-6-4-3-5-7-16)15-18-8-10-19-22(18)14-17;2*3-2(4,5)1(6)7/h3-8,10,17H,9,11-15H2,1-2H3;2*(H,6,7). The summed E-state index contributed by atoms with van der Waals surface area (Å²) in [4.78, 5) is 22.7. The van der Waals surface area contributed by atoms with Crippen molar-refractivity contribution in [3.8, 4) is 0 Å². The van der Waals surface area contributed by atoms with Crippen LogP contribution in [0.2, 0.25) is 0 Å². The zero-order valence-corrected chi connectivity index (χ0v) is 19.6. The second-order valence-electron chi connectivity index (χ2n) is 8.21. The van der Waals surface area contributed by atoms with Gasteiger partial charge in [-0.1, -0.05) is 30.3 Å². The molecule has 0 spiro atoms. The van der Waals surface area contributed by atoms with Gasteiger partial charge in [-0.25, -0.2) is 9.59 Å². The molecule has 0 aliphatic carbocycles. The molecule has 1 aromatic heterocycles. The van der Waals surface area contributed by atoms with Crippen LogP contribution in [0.5, 0.6) is 0 Å². The van der Waals surface area contributed by atoms with Crippen molar-refractivity contribution in [2.45, 2.75) is 31.9 Å². The third kappa shape index (κ3) is 12.0. The number of carbonyl (C=O) groups is 2. The Bertz CT molecular complexity index is 924. The zero-order valence-electron chi connectivity index (χ0n) is 19.6. The fourth-order valence-corrected chi connectivity index (χ4v) is 3.35. The first kappa shape index (κ1) is 30.9. The molecular weight excluding hydrogens is 498 g/mol. The van der Waals surface area contributed by atoms with Crippen LogP contribution in [0.3, 0.4) is 0 Å². The lowest BCUT2D eigenvalue weighted by atomic mass is 10.1. The van der Waals surface area contributed by atoms with Gasteiger partial charge in [0.15, 0.2) is 0 Å². The van der Waals surface area contributed by atoms with Gasteiger partial charge in [-0.2, -0.15) is 31.4 Å². The molecule has 2 heterocycles. The first-order chi connectivity index (χ1) is 16.6. The maximum atomic E-state index is 10.6. The van der Waals surface area contributed by atoms with Crippen LogP contribution in [0.25, 0.3) is 0 Å². The molecule has 0 amide bonds. The number of nitrogens with zero attached hydrogens (tertiary/aromatic N) is 4. The van der Waals surface area contributed by atoms with E-state index in [0.717, 1.165) is 39.1 Å². The summed E-state index contributed by atoms with van der Waals surface area (Å²) in [6.07, 6.45) is -7.12. The van der Waals surface area contributed by atoms with Crippen molar-refractivity contribution >= 4 is 11.9 Å². The average Bonchev–Trinajstić information content (AvgIpc) is 3.11. The summed E-state index contributed by atoms with van der Waals surface area (Å²) in [5, 5.41) is 18.7. The van der Waals surface area contributed by atoms with Gasteiger partial charge in [-0.05, 0) is 32.1 Å². The molecule has 1 atom stereocenters. The lowest BCUT2D eigenvalue weighted by Gasteiger charge is -2.25. The molecule has 8 nitrogen and oxygen atoms in total. The van der Waals surface area contributed by atoms with E-state index in [1.165, 1.54) is 11.3 Å². The van der Waals surface area contributed by atoms with Crippen LogP contribution in [0.4, 0.5) is 26.3 Å². The van der Waals surface area contributed by atoms with Crippen LogP contribution >= 0.6 is 0 Å². The first-order valence-corrected chi connectivity index (χ1v) is 10.6. The molecule has 202 valence electrons. The van der Waals surface area contributed by atoms with Gasteiger partial charge in [-0.15, -0.1) is 0 Å². The second-order valence-corrected chi connectivity index (χ2v) is 8.21. The molecule has 0 saturated heterocycles. The van der Waals surface area contributed by atoms with E-state index in [1.54, 1.807) is 0 Å². The van der Waals surface area contributed by atoms with E-state index in [9.17, 15) is 26.3 Å². The van der Waals surface area contributed by atoms with Crippen molar-refractivity contribution in [3.63, 3.8) is 0 Å². The molecule has 3 rings (SSSR count). The number of fused-ring (bicyclic) bond motifs is 1. The molecule has 0 fully saturated rings. The van der Waals surface area contributed by atoms with Gasteiger partial charge in [0.05, 0.1) is 5.69 Å².